The number of aliphatic carboxylic acids is 1. The van der Waals surface area contributed by atoms with Gasteiger partial charge in [-0.05, 0) is 17.5 Å². The Kier molecular flexibility index (Phi) is 4.62. The van der Waals surface area contributed by atoms with Crippen LogP contribution in [-0.4, -0.2) is 22.9 Å². The van der Waals surface area contributed by atoms with Crippen molar-refractivity contribution in [2.24, 2.45) is 5.92 Å². The molecular formula is C16H19N2O3-. The fourth-order valence-corrected chi connectivity index (χ4v) is 2.34. The summed E-state index contributed by atoms with van der Waals surface area (Å²) in [5.74, 6) is -1.72. The number of aromatic amines is 1. The van der Waals surface area contributed by atoms with Crippen LogP contribution >= 0.6 is 0 Å². The molecule has 0 saturated carbocycles. The minimum Gasteiger partial charge on any atom is -0.548 e. The highest BCUT2D eigenvalue weighted by Crippen LogP contribution is 2.18. The normalized spacial score (nSPS) is 13.8. The Morgan fingerprint density at radius 1 is 1.33 bits per heavy atom. The Bertz CT molecular complexity index is 648. The molecule has 5 heteroatoms. The second kappa shape index (κ2) is 6.43. The average Bonchev–Trinajstić information content (AvgIpc) is 2.87. The summed E-state index contributed by atoms with van der Waals surface area (Å²) in [5, 5.41) is 14.6. The van der Waals surface area contributed by atoms with Gasteiger partial charge < -0.3 is 20.2 Å². The monoisotopic (exact) mass is 287 g/mol. The minimum absolute atomic E-state index is 0.143. The van der Waals surface area contributed by atoms with Gasteiger partial charge in [0.15, 0.2) is 0 Å². The molecule has 2 N–H and O–H groups in total. The zero-order valence-electron chi connectivity index (χ0n) is 12.2. The summed E-state index contributed by atoms with van der Waals surface area (Å²) >= 11 is 0. The Morgan fingerprint density at radius 2 is 2.05 bits per heavy atom. The summed E-state index contributed by atoms with van der Waals surface area (Å²) in [5.41, 5.74) is 1.81. The molecule has 1 aromatic heterocycles. The lowest BCUT2D eigenvalue weighted by Crippen LogP contribution is -2.51. The predicted octanol–water partition coefficient (Wildman–Crippen LogP) is 0.991. The summed E-state index contributed by atoms with van der Waals surface area (Å²) in [4.78, 5) is 26.3. The van der Waals surface area contributed by atoms with E-state index in [1.807, 2.05) is 31.2 Å². The lowest BCUT2D eigenvalue weighted by molar-refractivity contribution is -0.309. The number of carboxylic acids is 1. The molecule has 2 aromatic rings. The van der Waals surface area contributed by atoms with E-state index >= 15 is 0 Å². The number of nitrogens with one attached hydrogen (secondary N) is 2. The van der Waals surface area contributed by atoms with Crippen LogP contribution in [0.3, 0.4) is 0 Å². The summed E-state index contributed by atoms with van der Waals surface area (Å²) in [6, 6.07) is 6.73. The van der Waals surface area contributed by atoms with Gasteiger partial charge in [0.05, 0.1) is 18.4 Å². The number of hydrogen-bond donors (Lipinski definition) is 2. The lowest BCUT2D eigenvalue weighted by atomic mass is 9.99. The van der Waals surface area contributed by atoms with Crippen molar-refractivity contribution in [3.05, 3.63) is 36.0 Å². The maximum Gasteiger partial charge on any atom is 0.225 e. The van der Waals surface area contributed by atoms with Crippen molar-refractivity contribution in [3.63, 3.8) is 0 Å². The number of carbonyl (C=O) groups excluding carboxylic acids is 2. The van der Waals surface area contributed by atoms with Gasteiger partial charge in [-0.1, -0.05) is 38.5 Å². The van der Waals surface area contributed by atoms with E-state index < -0.39 is 12.0 Å². The molecule has 1 heterocycles. The zero-order chi connectivity index (χ0) is 15.4. The van der Waals surface area contributed by atoms with Crippen molar-refractivity contribution in [2.45, 2.75) is 32.7 Å². The van der Waals surface area contributed by atoms with Crippen molar-refractivity contribution < 1.29 is 14.7 Å². The van der Waals surface area contributed by atoms with Crippen LogP contribution in [0.4, 0.5) is 0 Å². The molecule has 2 atom stereocenters. The Labute approximate surface area is 123 Å². The zero-order valence-corrected chi connectivity index (χ0v) is 12.2. The molecule has 5 nitrogen and oxygen atoms in total. The third-order valence-corrected chi connectivity index (χ3v) is 3.81. The van der Waals surface area contributed by atoms with Crippen LogP contribution in [-0.2, 0) is 16.0 Å². The van der Waals surface area contributed by atoms with Crippen LogP contribution < -0.4 is 10.4 Å². The van der Waals surface area contributed by atoms with Crippen LogP contribution in [0, 0.1) is 5.92 Å². The number of carboxylic acid groups (broad SMARTS) is 1. The number of para-hydroxylation sites is 1. The van der Waals surface area contributed by atoms with Gasteiger partial charge >= 0.3 is 0 Å². The molecule has 0 aliphatic rings. The predicted molar refractivity (Wildman–Crippen MR) is 78.4 cm³/mol. The van der Waals surface area contributed by atoms with Gasteiger partial charge in [0.1, 0.15) is 0 Å². The van der Waals surface area contributed by atoms with Gasteiger partial charge in [0.25, 0.3) is 0 Å². The van der Waals surface area contributed by atoms with E-state index in [4.69, 9.17) is 0 Å². The molecule has 1 amide bonds. The molecular weight excluding hydrogens is 268 g/mol. The van der Waals surface area contributed by atoms with Crippen LogP contribution in [0.5, 0.6) is 0 Å². The lowest BCUT2D eigenvalue weighted by Gasteiger charge is -2.25. The van der Waals surface area contributed by atoms with Crippen molar-refractivity contribution >= 4 is 22.8 Å². The van der Waals surface area contributed by atoms with Crippen LogP contribution in [0.25, 0.3) is 10.9 Å². The number of aromatic nitrogens is 1. The molecule has 0 bridgehead atoms. The largest absolute Gasteiger partial charge is 0.548 e. The van der Waals surface area contributed by atoms with E-state index in [9.17, 15) is 14.7 Å². The quantitative estimate of drug-likeness (QED) is 0.831. The second-order valence-corrected chi connectivity index (χ2v) is 5.29. The average molecular weight is 287 g/mol. The van der Waals surface area contributed by atoms with Crippen molar-refractivity contribution in [1.29, 1.82) is 0 Å². The first-order valence-electron chi connectivity index (χ1n) is 7.08. The number of amides is 1. The van der Waals surface area contributed by atoms with Gasteiger partial charge in [-0.25, -0.2) is 0 Å². The molecule has 0 spiro atoms. The highest BCUT2D eigenvalue weighted by Gasteiger charge is 2.20. The molecule has 0 aliphatic carbocycles. The van der Waals surface area contributed by atoms with E-state index in [2.05, 4.69) is 10.3 Å². The van der Waals surface area contributed by atoms with E-state index in [-0.39, 0.29) is 18.2 Å². The van der Waals surface area contributed by atoms with Crippen molar-refractivity contribution in [1.82, 2.24) is 10.3 Å². The van der Waals surface area contributed by atoms with Gasteiger partial charge in [0, 0.05) is 17.1 Å². The summed E-state index contributed by atoms with van der Waals surface area (Å²) in [6.45, 7) is 3.67. The first-order chi connectivity index (χ1) is 10.0. The molecule has 0 radical (unpaired) electrons. The van der Waals surface area contributed by atoms with Crippen LogP contribution in [0.15, 0.2) is 30.5 Å². The highest BCUT2D eigenvalue weighted by atomic mass is 16.4. The fourth-order valence-electron chi connectivity index (χ4n) is 2.34. The standard InChI is InChI=1S/C16H20N2O3/c1-3-10(2)15(16(20)21)18-14(19)8-11-9-17-13-7-5-4-6-12(11)13/h4-7,9-10,15,17H,3,8H2,1-2H3,(H,18,19)(H,20,21)/p-1/t10-,15+/m0/s1. The van der Waals surface area contributed by atoms with E-state index in [1.165, 1.54) is 0 Å². The maximum atomic E-state index is 12.1. The number of H-pyrrole nitrogens is 1. The number of hydrogen-bond acceptors (Lipinski definition) is 3. The molecule has 0 aliphatic heterocycles. The Balaban J connectivity index is 2.09. The summed E-state index contributed by atoms with van der Waals surface area (Å²) < 4.78 is 0. The number of carbonyl (C=O) groups is 2. The highest BCUT2D eigenvalue weighted by molar-refractivity contribution is 5.90. The maximum absolute atomic E-state index is 12.1. The number of fused-ring (bicyclic) bond motifs is 1. The molecule has 0 fully saturated rings. The summed E-state index contributed by atoms with van der Waals surface area (Å²) in [6.07, 6.45) is 2.58. The molecule has 0 unspecified atom stereocenters. The smallest absolute Gasteiger partial charge is 0.225 e. The van der Waals surface area contributed by atoms with E-state index in [1.54, 1.807) is 13.1 Å². The Hall–Kier alpha value is -2.30. The molecule has 1 aromatic carbocycles. The fraction of sp³-hybridized carbons (Fsp3) is 0.375. The molecule has 21 heavy (non-hydrogen) atoms. The minimum atomic E-state index is -1.24. The molecule has 2 rings (SSSR count). The third kappa shape index (κ3) is 3.42. The van der Waals surface area contributed by atoms with Crippen LogP contribution in [0.1, 0.15) is 25.8 Å². The third-order valence-electron chi connectivity index (χ3n) is 3.81. The summed E-state index contributed by atoms with van der Waals surface area (Å²) in [7, 11) is 0. The van der Waals surface area contributed by atoms with E-state index in [0.29, 0.717) is 6.42 Å². The van der Waals surface area contributed by atoms with Gasteiger partial charge in [-0.3, -0.25) is 4.79 Å². The first kappa shape index (κ1) is 15.1. The molecule has 112 valence electrons. The van der Waals surface area contributed by atoms with Gasteiger partial charge in [0.2, 0.25) is 5.91 Å². The van der Waals surface area contributed by atoms with Crippen LogP contribution in [0.2, 0.25) is 0 Å². The second-order valence-electron chi connectivity index (χ2n) is 5.29. The topological polar surface area (TPSA) is 85.0 Å². The number of rotatable bonds is 6. The first-order valence-corrected chi connectivity index (χ1v) is 7.08. The van der Waals surface area contributed by atoms with Crippen molar-refractivity contribution in [2.75, 3.05) is 0 Å². The SMILES string of the molecule is CC[C@H](C)[C@@H](NC(=O)Cc1c[nH]c2ccccc12)C(=O)[O-]. The van der Waals surface area contributed by atoms with Gasteiger partial charge in [-0.15, -0.1) is 0 Å². The number of benzene rings is 1. The van der Waals surface area contributed by atoms with Crippen molar-refractivity contribution in [3.8, 4) is 0 Å². The van der Waals surface area contributed by atoms with Gasteiger partial charge in [-0.2, -0.15) is 0 Å². The van der Waals surface area contributed by atoms with E-state index in [0.717, 1.165) is 16.5 Å². The molecule has 0 saturated heterocycles. The Morgan fingerprint density at radius 3 is 2.71 bits per heavy atom.